The summed E-state index contributed by atoms with van der Waals surface area (Å²) in [4.78, 5) is 12.4. The van der Waals surface area contributed by atoms with Gasteiger partial charge in [0.25, 0.3) is 0 Å². The number of aromatic nitrogens is 3. The highest BCUT2D eigenvalue weighted by molar-refractivity contribution is 6.30. The van der Waals surface area contributed by atoms with Crippen molar-refractivity contribution in [1.82, 2.24) is 15.0 Å². The lowest BCUT2D eigenvalue weighted by Crippen LogP contribution is -2.10. The Bertz CT molecular complexity index is 1070. The Labute approximate surface area is 169 Å². The lowest BCUT2D eigenvalue weighted by atomic mass is 10.1. The van der Waals surface area contributed by atoms with E-state index in [1.165, 1.54) is 16.5 Å². The van der Waals surface area contributed by atoms with Gasteiger partial charge in [-0.3, -0.25) is 0 Å². The molecule has 0 aliphatic heterocycles. The number of H-pyrrole nitrogens is 1. The summed E-state index contributed by atoms with van der Waals surface area (Å²) in [6.45, 7) is 3.42. The third-order valence-corrected chi connectivity index (χ3v) is 4.85. The van der Waals surface area contributed by atoms with Gasteiger partial charge >= 0.3 is 0 Å². The van der Waals surface area contributed by atoms with Gasteiger partial charge in [0.05, 0.1) is 0 Å². The van der Waals surface area contributed by atoms with Crippen LogP contribution in [-0.2, 0) is 13.0 Å². The van der Waals surface area contributed by atoms with Crippen molar-refractivity contribution in [3.05, 3.63) is 82.6 Å². The maximum atomic E-state index is 5.93. The molecule has 0 saturated carbocycles. The Morgan fingerprint density at radius 1 is 1.00 bits per heavy atom. The molecular formula is C22H22ClN5. The van der Waals surface area contributed by atoms with E-state index >= 15 is 0 Å². The standard InChI is InChI=1S/C22H22ClN5/c1-15-12-21(24-11-10-17-14-25-20-5-3-2-4-19(17)20)28-22(27-15)26-13-16-6-8-18(23)9-7-16/h2-9,12,14,25H,10-11,13H2,1H3,(H2,24,26,27,28). The van der Waals surface area contributed by atoms with E-state index in [1.807, 2.05) is 43.3 Å². The van der Waals surface area contributed by atoms with Crippen LogP contribution >= 0.6 is 11.6 Å². The number of benzene rings is 2. The highest BCUT2D eigenvalue weighted by Crippen LogP contribution is 2.18. The number of anilines is 2. The highest BCUT2D eigenvalue weighted by atomic mass is 35.5. The Morgan fingerprint density at radius 3 is 2.68 bits per heavy atom. The highest BCUT2D eigenvalue weighted by Gasteiger charge is 2.05. The molecule has 0 aliphatic rings. The molecule has 5 nitrogen and oxygen atoms in total. The number of aryl methyl sites for hydroxylation is 1. The Balaban J connectivity index is 1.37. The Kier molecular flexibility index (Phi) is 5.44. The molecule has 4 rings (SSSR count). The fourth-order valence-electron chi connectivity index (χ4n) is 3.19. The van der Waals surface area contributed by atoms with Crippen molar-refractivity contribution >= 4 is 34.3 Å². The van der Waals surface area contributed by atoms with Gasteiger partial charge in [-0.15, -0.1) is 0 Å². The molecule has 0 bridgehead atoms. The summed E-state index contributed by atoms with van der Waals surface area (Å²) in [5.74, 6) is 1.44. The molecule has 0 spiro atoms. The third-order valence-electron chi connectivity index (χ3n) is 4.59. The zero-order valence-electron chi connectivity index (χ0n) is 15.7. The topological polar surface area (TPSA) is 65.6 Å². The lowest BCUT2D eigenvalue weighted by Gasteiger charge is -2.10. The number of para-hydroxylation sites is 1. The van der Waals surface area contributed by atoms with Crippen molar-refractivity contribution in [2.75, 3.05) is 17.2 Å². The van der Waals surface area contributed by atoms with E-state index < -0.39 is 0 Å². The van der Waals surface area contributed by atoms with Crippen LogP contribution in [-0.4, -0.2) is 21.5 Å². The van der Waals surface area contributed by atoms with Gasteiger partial charge in [0, 0.05) is 47.0 Å². The van der Waals surface area contributed by atoms with Crippen LogP contribution in [0.15, 0.2) is 60.8 Å². The number of nitrogens with one attached hydrogen (secondary N) is 3. The maximum Gasteiger partial charge on any atom is 0.225 e. The Hall–Kier alpha value is -3.05. The number of halogens is 1. The van der Waals surface area contributed by atoms with Gasteiger partial charge in [-0.25, -0.2) is 4.98 Å². The monoisotopic (exact) mass is 391 g/mol. The maximum absolute atomic E-state index is 5.93. The summed E-state index contributed by atoms with van der Waals surface area (Å²) in [6, 6.07) is 18.1. The molecule has 0 fully saturated rings. The van der Waals surface area contributed by atoms with Crippen LogP contribution in [0.3, 0.4) is 0 Å². The van der Waals surface area contributed by atoms with Crippen molar-refractivity contribution in [2.24, 2.45) is 0 Å². The summed E-state index contributed by atoms with van der Waals surface area (Å²) in [7, 11) is 0. The molecule has 3 N–H and O–H groups in total. The molecule has 142 valence electrons. The molecule has 0 unspecified atom stereocenters. The van der Waals surface area contributed by atoms with Crippen LogP contribution in [0.2, 0.25) is 5.02 Å². The second kappa shape index (κ2) is 8.31. The molecule has 6 heteroatoms. The molecule has 2 aromatic carbocycles. The van der Waals surface area contributed by atoms with Crippen LogP contribution in [0.25, 0.3) is 10.9 Å². The van der Waals surface area contributed by atoms with Crippen molar-refractivity contribution in [3.8, 4) is 0 Å². The smallest absolute Gasteiger partial charge is 0.225 e. The molecule has 0 aliphatic carbocycles. The predicted octanol–water partition coefficient (Wildman–Crippen LogP) is 5.19. The number of hydrogen-bond acceptors (Lipinski definition) is 4. The van der Waals surface area contributed by atoms with E-state index in [1.54, 1.807) is 0 Å². The second-order valence-corrected chi connectivity index (χ2v) is 7.17. The fraction of sp³-hybridized carbons (Fsp3) is 0.182. The van der Waals surface area contributed by atoms with Crippen LogP contribution in [0.1, 0.15) is 16.8 Å². The van der Waals surface area contributed by atoms with Crippen molar-refractivity contribution in [3.63, 3.8) is 0 Å². The first-order valence-corrected chi connectivity index (χ1v) is 9.68. The molecule has 28 heavy (non-hydrogen) atoms. The van der Waals surface area contributed by atoms with E-state index in [0.29, 0.717) is 12.5 Å². The zero-order valence-corrected chi connectivity index (χ0v) is 16.4. The molecule has 2 heterocycles. The quantitative estimate of drug-likeness (QED) is 0.405. The summed E-state index contributed by atoms with van der Waals surface area (Å²) in [5, 5.41) is 8.70. The van der Waals surface area contributed by atoms with E-state index in [9.17, 15) is 0 Å². The van der Waals surface area contributed by atoms with Gasteiger partial charge < -0.3 is 15.6 Å². The normalized spacial score (nSPS) is 10.9. The van der Waals surface area contributed by atoms with Gasteiger partial charge in [0.15, 0.2) is 0 Å². The molecule has 2 aromatic heterocycles. The van der Waals surface area contributed by atoms with Crippen LogP contribution in [0, 0.1) is 6.92 Å². The summed E-state index contributed by atoms with van der Waals surface area (Å²) >= 11 is 5.93. The first kappa shape index (κ1) is 18.3. The molecule has 0 saturated heterocycles. The second-order valence-electron chi connectivity index (χ2n) is 6.73. The minimum absolute atomic E-state index is 0.615. The molecular weight excluding hydrogens is 370 g/mol. The predicted molar refractivity (Wildman–Crippen MR) is 116 cm³/mol. The van der Waals surface area contributed by atoms with E-state index in [4.69, 9.17) is 11.6 Å². The van der Waals surface area contributed by atoms with Crippen LogP contribution < -0.4 is 10.6 Å². The van der Waals surface area contributed by atoms with E-state index in [-0.39, 0.29) is 0 Å². The van der Waals surface area contributed by atoms with Gasteiger partial charge in [-0.2, -0.15) is 4.98 Å². The average Bonchev–Trinajstić information content (AvgIpc) is 3.11. The number of fused-ring (bicyclic) bond motifs is 1. The summed E-state index contributed by atoms with van der Waals surface area (Å²) in [6.07, 6.45) is 3.00. The minimum atomic E-state index is 0.615. The lowest BCUT2D eigenvalue weighted by molar-refractivity contribution is 0.986. The number of nitrogens with zero attached hydrogens (tertiary/aromatic N) is 2. The van der Waals surface area contributed by atoms with E-state index in [2.05, 4.69) is 50.0 Å². The number of rotatable bonds is 7. The Morgan fingerprint density at radius 2 is 1.82 bits per heavy atom. The first-order chi connectivity index (χ1) is 13.7. The van der Waals surface area contributed by atoms with Crippen LogP contribution in [0.5, 0.6) is 0 Å². The minimum Gasteiger partial charge on any atom is -0.370 e. The number of hydrogen-bond donors (Lipinski definition) is 3. The largest absolute Gasteiger partial charge is 0.370 e. The molecule has 0 atom stereocenters. The van der Waals surface area contributed by atoms with Crippen molar-refractivity contribution in [1.29, 1.82) is 0 Å². The van der Waals surface area contributed by atoms with Crippen LogP contribution in [0.4, 0.5) is 11.8 Å². The summed E-state index contributed by atoms with van der Waals surface area (Å²) < 4.78 is 0. The van der Waals surface area contributed by atoms with Gasteiger partial charge in [-0.1, -0.05) is 41.9 Å². The summed E-state index contributed by atoms with van der Waals surface area (Å²) in [5.41, 5.74) is 4.52. The fourth-order valence-corrected chi connectivity index (χ4v) is 3.31. The zero-order chi connectivity index (χ0) is 19.3. The number of aromatic amines is 1. The van der Waals surface area contributed by atoms with Gasteiger partial charge in [0.2, 0.25) is 5.95 Å². The first-order valence-electron chi connectivity index (χ1n) is 9.30. The van der Waals surface area contributed by atoms with Crippen molar-refractivity contribution < 1.29 is 0 Å². The van der Waals surface area contributed by atoms with E-state index in [0.717, 1.165) is 35.1 Å². The SMILES string of the molecule is Cc1cc(NCCc2c[nH]c3ccccc23)nc(NCc2ccc(Cl)cc2)n1. The molecule has 0 amide bonds. The van der Waals surface area contributed by atoms with Gasteiger partial charge in [-0.05, 0) is 42.7 Å². The molecule has 4 aromatic rings. The average molecular weight is 392 g/mol. The van der Waals surface area contributed by atoms with Crippen molar-refractivity contribution in [2.45, 2.75) is 19.9 Å². The molecule has 0 radical (unpaired) electrons. The van der Waals surface area contributed by atoms with Gasteiger partial charge in [0.1, 0.15) is 5.82 Å². The third kappa shape index (κ3) is 4.43.